The molecule has 1 fully saturated rings. The molecule has 5 nitrogen and oxygen atoms in total. The molecule has 0 amide bonds. The van der Waals surface area contributed by atoms with Crippen LogP contribution in [0, 0.1) is 5.82 Å². The first-order valence-electron chi connectivity index (χ1n) is 9.00. The van der Waals surface area contributed by atoms with Gasteiger partial charge in [-0.15, -0.1) is 0 Å². The molecule has 1 saturated heterocycles. The van der Waals surface area contributed by atoms with Crippen molar-refractivity contribution in [3.8, 4) is 11.1 Å². The molecule has 0 aliphatic carbocycles. The zero-order chi connectivity index (χ0) is 17.7. The van der Waals surface area contributed by atoms with Crippen molar-refractivity contribution >= 4 is 16.6 Å². The first kappa shape index (κ1) is 15.5. The van der Waals surface area contributed by atoms with Crippen molar-refractivity contribution in [1.82, 2.24) is 24.5 Å². The summed E-state index contributed by atoms with van der Waals surface area (Å²) in [5.74, 6) is 0.125. The molecule has 5 rings (SSSR count). The van der Waals surface area contributed by atoms with Crippen molar-refractivity contribution in [2.45, 2.75) is 18.8 Å². The third-order valence-corrected chi connectivity index (χ3v) is 5.23. The molecule has 26 heavy (non-hydrogen) atoms. The van der Waals surface area contributed by atoms with Crippen LogP contribution in [0.1, 0.15) is 24.5 Å². The number of imidazole rings is 1. The van der Waals surface area contributed by atoms with Crippen LogP contribution in [-0.4, -0.2) is 32.3 Å². The average Bonchev–Trinajstić information content (AvgIpc) is 3.24. The molecule has 6 heteroatoms. The molecular formula is C20H20FN5. The Hall–Kier alpha value is -2.73. The van der Waals surface area contributed by atoms with Crippen LogP contribution in [0.2, 0.25) is 0 Å². The van der Waals surface area contributed by atoms with E-state index in [4.69, 9.17) is 0 Å². The van der Waals surface area contributed by atoms with Crippen molar-refractivity contribution in [2.75, 3.05) is 13.1 Å². The van der Waals surface area contributed by atoms with Crippen LogP contribution in [-0.2, 0) is 7.05 Å². The lowest BCUT2D eigenvalue weighted by Gasteiger charge is -2.20. The third kappa shape index (κ3) is 2.57. The second-order valence-corrected chi connectivity index (χ2v) is 7.07. The molecule has 4 aromatic rings. The Bertz CT molecular complexity index is 1100. The highest BCUT2D eigenvalue weighted by Gasteiger charge is 2.19. The van der Waals surface area contributed by atoms with Gasteiger partial charge in [-0.3, -0.25) is 4.68 Å². The molecule has 4 heterocycles. The Morgan fingerprint density at radius 2 is 1.92 bits per heavy atom. The highest BCUT2D eigenvalue weighted by Crippen LogP contribution is 2.29. The summed E-state index contributed by atoms with van der Waals surface area (Å²) in [7, 11) is 1.90. The van der Waals surface area contributed by atoms with Gasteiger partial charge in [-0.1, -0.05) is 6.07 Å². The molecule has 0 unspecified atom stereocenters. The minimum Gasteiger partial charge on any atom is -0.317 e. The number of fused-ring (bicyclic) bond motifs is 2. The lowest BCUT2D eigenvalue weighted by Crippen LogP contribution is -2.26. The maximum absolute atomic E-state index is 14.7. The number of piperidine rings is 1. The van der Waals surface area contributed by atoms with Crippen LogP contribution in [0.5, 0.6) is 0 Å². The number of nitrogens with one attached hydrogen (secondary N) is 1. The quantitative estimate of drug-likeness (QED) is 0.603. The SMILES string of the molecule is Cn1cc2cc(-c3cc(F)c4nc(C5CCNCC5)cn4c3)ccc2n1. The van der Waals surface area contributed by atoms with Gasteiger partial charge in [-0.05, 0) is 49.7 Å². The Morgan fingerprint density at radius 1 is 1.08 bits per heavy atom. The molecule has 1 aromatic carbocycles. The second-order valence-electron chi connectivity index (χ2n) is 7.07. The van der Waals surface area contributed by atoms with E-state index in [0.29, 0.717) is 11.6 Å². The number of aryl methyl sites for hydroxylation is 1. The zero-order valence-electron chi connectivity index (χ0n) is 14.6. The normalized spacial score (nSPS) is 15.9. The van der Waals surface area contributed by atoms with Crippen LogP contribution >= 0.6 is 0 Å². The average molecular weight is 349 g/mol. The summed E-state index contributed by atoms with van der Waals surface area (Å²) in [6.45, 7) is 1.99. The summed E-state index contributed by atoms with van der Waals surface area (Å²) in [4.78, 5) is 4.57. The van der Waals surface area contributed by atoms with Crippen LogP contribution in [0.4, 0.5) is 4.39 Å². The van der Waals surface area contributed by atoms with Gasteiger partial charge in [0.2, 0.25) is 0 Å². The van der Waals surface area contributed by atoms with Gasteiger partial charge in [-0.2, -0.15) is 5.10 Å². The van der Waals surface area contributed by atoms with Crippen molar-refractivity contribution in [3.05, 3.63) is 54.4 Å². The first-order chi connectivity index (χ1) is 12.7. The van der Waals surface area contributed by atoms with Crippen molar-refractivity contribution in [1.29, 1.82) is 0 Å². The fraction of sp³-hybridized carbons (Fsp3) is 0.300. The molecule has 132 valence electrons. The van der Waals surface area contributed by atoms with Gasteiger partial charge in [0, 0.05) is 42.5 Å². The van der Waals surface area contributed by atoms with Crippen molar-refractivity contribution < 1.29 is 4.39 Å². The number of benzene rings is 1. The number of pyridine rings is 1. The Kier molecular flexibility index (Phi) is 3.53. The predicted octanol–water partition coefficient (Wildman–Crippen LogP) is 3.49. The molecule has 1 aliphatic heterocycles. The van der Waals surface area contributed by atoms with E-state index >= 15 is 0 Å². The summed E-state index contributed by atoms with van der Waals surface area (Å²) < 4.78 is 18.3. The fourth-order valence-corrected chi connectivity index (χ4v) is 3.88. The standard InChI is InChI=1S/C20H20FN5/c1-25-10-16-8-14(2-3-18(16)24-25)15-9-17(21)20-23-19(12-26(20)11-15)13-4-6-22-7-5-13/h2-3,8-13,22H,4-7H2,1H3. The lowest BCUT2D eigenvalue weighted by molar-refractivity contribution is 0.454. The van der Waals surface area contributed by atoms with E-state index in [-0.39, 0.29) is 5.82 Å². The molecule has 3 aromatic heterocycles. The highest BCUT2D eigenvalue weighted by molar-refractivity contribution is 5.84. The third-order valence-electron chi connectivity index (χ3n) is 5.23. The van der Waals surface area contributed by atoms with E-state index in [0.717, 1.165) is 53.7 Å². The molecular weight excluding hydrogens is 329 g/mol. The molecule has 0 bridgehead atoms. The number of halogens is 1. The molecule has 1 aliphatic rings. The maximum Gasteiger partial charge on any atom is 0.173 e. The minimum atomic E-state index is -0.283. The van der Waals surface area contributed by atoms with Crippen LogP contribution in [0.15, 0.2) is 42.9 Å². The van der Waals surface area contributed by atoms with Gasteiger partial charge in [0.1, 0.15) is 0 Å². The van der Waals surface area contributed by atoms with Gasteiger partial charge in [-0.25, -0.2) is 9.37 Å². The lowest BCUT2D eigenvalue weighted by atomic mass is 9.95. The molecule has 0 saturated carbocycles. The van der Waals surface area contributed by atoms with E-state index in [1.165, 1.54) is 0 Å². The number of nitrogens with zero attached hydrogens (tertiary/aromatic N) is 4. The Balaban J connectivity index is 1.58. The summed E-state index contributed by atoms with van der Waals surface area (Å²) in [6, 6.07) is 7.58. The number of hydrogen-bond donors (Lipinski definition) is 1. The molecule has 0 radical (unpaired) electrons. The fourth-order valence-electron chi connectivity index (χ4n) is 3.88. The molecule has 0 atom stereocenters. The predicted molar refractivity (Wildman–Crippen MR) is 99.7 cm³/mol. The molecule has 0 spiro atoms. The number of aromatic nitrogens is 4. The first-order valence-corrected chi connectivity index (χ1v) is 9.00. The van der Waals surface area contributed by atoms with Crippen LogP contribution in [0.25, 0.3) is 27.7 Å². The summed E-state index contributed by atoms with van der Waals surface area (Å²) >= 11 is 0. The minimum absolute atomic E-state index is 0.283. The largest absolute Gasteiger partial charge is 0.317 e. The van der Waals surface area contributed by atoms with Gasteiger partial charge in [0.25, 0.3) is 0 Å². The second kappa shape index (κ2) is 5.92. The van der Waals surface area contributed by atoms with Crippen molar-refractivity contribution in [2.24, 2.45) is 7.05 Å². The summed E-state index contributed by atoms with van der Waals surface area (Å²) in [5.41, 5.74) is 4.15. The van der Waals surface area contributed by atoms with E-state index < -0.39 is 0 Å². The highest BCUT2D eigenvalue weighted by atomic mass is 19.1. The van der Waals surface area contributed by atoms with Gasteiger partial charge >= 0.3 is 0 Å². The Morgan fingerprint density at radius 3 is 2.77 bits per heavy atom. The zero-order valence-corrected chi connectivity index (χ0v) is 14.6. The van der Waals surface area contributed by atoms with E-state index in [1.54, 1.807) is 10.7 Å². The number of rotatable bonds is 2. The van der Waals surface area contributed by atoms with Crippen molar-refractivity contribution in [3.63, 3.8) is 0 Å². The van der Waals surface area contributed by atoms with Gasteiger partial charge in [0.15, 0.2) is 11.5 Å². The monoisotopic (exact) mass is 349 g/mol. The maximum atomic E-state index is 14.7. The topological polar surface area (TPSA) is 47.2 Å². The summed E-state index contributed by atoms with van der Waals surface area (Å²) in [6.07, 6.45) is 8.03. The smallest absolute Gasteiger partial charge is 0.173 e. The molecule has 1 N–H and O–H groups in total. The van der Waals surface area contributed by atoms with E-state index in [2.05, 4.69) is 15.4 Å². The van der Waals surface area contributed by atoms with E-state index in [1.807, 2.05) is 48.2 Å². The number of hydrogen-bond acceptors (Lipinski definition) is 3. The Labute approximate surface area is 150 Å². The van der Waals surface area contributed by atoms with Crippen LogP contribution < -0.4 is 5.32 Å². The van der Waals surface area contributed by atoms with Gasteiger partial charge in [0.05, 0.1) is 11.2 Å². The van der Waals surface area contributed by atoms with Gasteiger partial charge < -0.3 is 9.72 Å². The summed E-state index contributed by atoms with van der Waals surface area (Å²) in [5, 5.41) is 8.80. The van der Waals surface area contributed by atoms with Crippen LogP contribution in [0.3, 0.4) is 0 Å². The van der Waals surface area contributed by atoms with E-state index in [9.17, 15) is 4.39 Å².